The zero-order chi connectivity index (χ0) is 18.6. The van der Waals surface area contributed by atoms with Crippen molar-refractivity contribution in [1.29, 1.82) is 0 Å². The van der Waals surface area contributed by atoms with Gasteiger partial charge in [-0.15, -0.1) is 0 Å². The van der Waals surface area contributed by atoms with E-state index in [1.54, 1.807) is 0 Å². The van der Waals surface area contributed by atoms with Gasteiger partial charge in [-0.1, -0.05) is 149 Å². The summed E-state index contributed by atoms with van der Waals surface area (Å²) in [6.07, 6.45) is 27.8. The van der Waals surface area contributed by atoms with Crippen LogP contribution in [0, 0.1) is 6.04 Å². The van der Waals surface area contributed by atoms with Gasteiger partial charge >= 0.3 is 0 Å². The van der Waals surface area contributed by atoms with E-state index >= 15 is 0 Å². The van der Waals surface area contributed by atoms with Gasteiger partial charge in [0.05, 0.1) is 0 Å². The smallest absolute Gasteiger partial charge is 0.0473 e. The van der Waals surface area contributed by atoms with Crippen molar-refractivity contribution < 1.29 is 0 Å². The van der Waals surface area contributed by atoms with E-state index in [4.69, 9.17) is 0 Å². The van der Waals surface area contributed by atoms with Crippen molar-refractivity contribution in [3.05, 3.63) is 6.04 Å². The molecule has 0 saturated heterocycles. The van der Waals surface area contributed by atoms with E-state index in [1.807, 2.05) is 0 Å². The first-order valence-corrected chi connectivity index (χ1v) is 15.5. The first kappa shape index (κ1) is 25.2. The van der Waals surface area contributed by atoms with Crippen LogP contribution in [-0.2, 0) is 0 Å². The van der Waals surface area contributed by atoms with Crippen molar-refractivity contribution in [2.75, 3.05) is 0 Å². The minimum Gasteiger partial charge on any atom is -0.0693 e. The fraction of sp³-hybridized carbons (Fsp3) is 0.958. The molecule has 0 rings (SSSR count). The maximum absolute atomic E-state index is 2.62. The van der Waals surface area contributed by atoms with Crippen LogP contribution in [0.15, 0.2) is 0 Å². The van der Waals surface area contributed by atoms with Crippen LogP contribution >= 0.6 is 0 Å². The lowest BCUT2D eigenvalue weighted by Gasteiger charge is -2.14. The van der Waals surface area contributed by atoms with Gasteiger partial charge < -0.3 is 0 Å². The molecule has 0 aliphatic heterocycles. The molecule has 25 heavy (non-hydrogen) atoms. The summed E-state index contributed by atoms with van der Waals surface area (Å²) in [4.78, 5) is 0. The molecule has 0 bridgehead atoms. The van der Waals surface area contributed by atoms with Crippen molar-refractivity contribution in [2.24, 2.45) is 0 Å². The highest BCUT2D eigenvalue weighted by Gasteiger charge is 2.11. The molecule has 0 saturated carbocycles. The molecule has 1 heteroatoms. The predicted molar refractivity (Wildman–Crippen MR) is 121 cm³/mol. The zero-order valence-electron chi connectivity index (χ0n) is 18.5. The lowest BCUT2D eigenvalue weighted by atomic mass is 10.0. The lowest BCUT2D eigenvalue weighted by Crippen LogP contribution is -2.20. The Bertz CT molecular complexity index is 241. The number of hydrogen-bond acceptors (Lipinski definition) is 0. The van der Waals surface area contributed by atoms with Crippen LogP contribution < -0.4 is 0 Å². The van der Waals surface area contributed by atoms with Crippen LogP contribution in [0.25, 0.3) is 0 Å². The standard InChI is InChI=1S/C24H51Si/c1-5-6-7-8-9-10-11-12-13-14-15-16-17-18-19-20-21-22-23-24-25(2,3)4/h24H,5-23H2,1-4H3. The van der Waals surface area contributed by atoms with Gasteiger partial charge in [-0.2, -0.15) is 0 Å². The molecule has 0 aliphatic rings. The highest BCUT2D eigenvalue weighted by Crippen LogP contribution is 2.16. The van der Waals surface area contributed by atoms with Gasteiger partial charge in [0.2, 0.25) is 0 Å². The molecule has 0 aromatic carbocycles. The van der Waals surface area contributed by atoms with Gasteiger partial charge in [-0.05, 0) is 6.04 Å². The molecule has 0 aromatic rings. The second-order valence-corrected chi connectivity index (χ2v) is 14.5. The average Bonchev–Trinajstić information content (AvgIpc) is 2.56. The van der Waals surface area contributed by atoms with Gasteiger partial charge in [-0.3, -0.25) is 0 Å². The Kier molecular flexibility index (Phi) is 19.2. The highest BCUT2D eigenvalue weighted by atomic mass is 28.3. The number of unbranched alkanes of at least 4 members (excludes halogenated alkanes) is 18. The van der Waals surface area contributed by atoms with Gasteiger partial charge in [0.1, 0.15) is 0 Å². The van der Waals surface area contributed by atoms with Crippen LogP contribution in [-0.4, -0.2) is 8.07 Å². The largest absolute Gasteiger partial charge is 0.0693 e. The van der Waals surface area contributed by atoms with Crippen molar-refractivity contribution in [3.8, 4) is 0 Å². The summed E-state index contributed by atoms with van der Waals surface area (Å²) in [5, 5.41) is 0. The maximum Gasteiger partial charge on any atom is 0.0473 e. The van der Waals surface area contributed by atoms with Crippen molar-refractivity contribution in [1.82, 2.24) is 0 Å². The Hall–Kier alpha value is 0.217. The Morgan fingerprint density at radius 1 is 0.440 bits per heavy atom. The van der Waals surface area contributed by atoms with Gasteiger partial charge in [0.25, 0.3) is 0 Å². The summed E-state index contributed by atoms with van der Waals surface area (Å²) in [6.45, 7) is 9.64. The zero-order valence-corrected chi connectivity index (χ0v) is 19.5. The molecule has 0 aliphatic carbocycles. The minimum atomic E-state index is -0.894. The van der Waals surface area contributed by atoms with E-state index in [1.165, 1.54) is 122 Å². The predicted octanol–water partition coefficient (Wildman–Crippen LogP) is 9.50. The molecule has 0 aromatic heterocycles. The molecule has 0 amide bonds. The summed E-state index contributed by atoms with van der Waals surface area (Å²) in [5.41, 5.74) is 0. The van der Waals surface area contributed by atoms with E-state index in [0.29, 0.717) is 0 Å². The fourth-order valence-corrected chi connectivity index (χ4v) is 4.65. The number of rotatable bonds is 20. The molecule has 0 atom stereocenters. The fourth-order valence-electron chi connectivity index (χ4n) is 3.58. The van der Waals surface area contributed by atoms with Crippen molar-refractivity contribution in [3.63, 3.8) is 0 Å². The summed E-state index contributed by atoms with van der Waals surface area (Å²) >= 11 is 0. The average molecular weight is 368 g/mol. The Balaban J connectivity index is 3.01. The topological polar surface area (TPSA) is 0 Å². The van der Waals surface area contributed by atoms with E-state index in [0.717, 1.165) is 0 Å². The molecule has 151 valence electrons. The molecule has 0 heterocycles. The highest BCUT2D eigenvalue weighted by molar-refractivity contribution is 6.79. The summed E-state index contributed by atoms with van der Waals surface area (Å²) in [7, 11) is -0.894. The van der Waals surface area contributed by atoms with Gasteiger partial charge in [0.15, 0.2) is 0 Å². The third-order valence-electron chi connectivity index (χ3n) is 5.31. The Morgan fingerprint density at radius 3 is 1.00 bits per heavy atom. The monoisotopic (exact) mass is 367 g/mol. The lowest BCUT2D eigenvalue weighted by molar-refractivity contribution is 0.525. The second kappa shape index (κ2) is 19.0. The third kappa shape index (κ3) is 24.2. The van der Waals surface area contributed by atoms with E-state index < -0.39 is 8.07 Å². The Morgan fingerprint density at radius 2 is 0.720 bits per heavy atom. The first-order chi connectivity index (χ1) is 12.1. The van der Waals surface area contributed by atoms with Crippen LogP contribution in [0.2, 0.25) is 19.6 Å². The quantitative estimate of drug-likeness (QED) is 0.148. The molecule has 0 nitrogen and oxygen atoms in total. The summed E-state index contributed by atoms with van der Waals surface area (Å²) < 4.78 is 0. The van der Waals surface area contributed by atoms with Crippen LogP contribution in [0.4, 0.5) is 0 Å². The van der Waals surface area contributed by atoms with E-state index in [-0.39, 0.29) is 0 Å². The van der Waals surface area contributed by atoms with Crippen molar-refractivity contribution >= 4 is 8.07 Å². The van der Waals surface area contributed by atoms with Crippen LogP contribution in [0.1, 0.15) is 129 Å². The second-order valence-electron chi connectivity index (χ2n) is 9.37. The normalized spacial score (nSPS) is 12.0. The molecular formula is C24H51Si. The summed E-state index contributed by atoms with van der Waals surface area (Å²) in [5.74, 6) is 0. The molecule has 0 N–H and O–H groups in total. The van der Waals surface area contributed by atoms with Crippen LogP contribution in [0.3, 0.4) is 0 Å². The maximum atomic E-state index is 2.62. The SMILES string of the molecule is CCCCCCCCCCCCCCCCCCCC[CH][Si](C)(C)C. The minimum absolute atomic E-state index is 0.894. The first-order valence-electron chi connectivity index (χ1n) is 11.9. The molecule has 0 fully saturated rings. The molecule has 1 radical (unpaired) electrons. The number of hydrogen-bond donors (Lipinski definition) is 0. The van der Waals surface area contributed by atoms with E-state index in [9.17, 15) is 0 Å². The molecule has 0 spiro atoms. The Labute approximate surface area is 163 Å². The molecule has 0 unspecified atom stereocenters. The third-order valence-corrected chi connectivity index (χ3v) is 6.83. The van der Waals surface area contributed by atoms with E-state index in [2.05, 4.69) is 32.6 Å². The van der Waals surface area contributed by atoms with Gasteiger partial charge in [0, 0.05) is 8.07 Å². The summed E-state index contributed by atoms with van der Waals surface area (Å²) in [6, 6.07) is 2.62. The molecular weight excluding hydrogens is 316 g/mol. The van der Waals surface area contributed by atoms with Gasteiger partial charge in [-0.25, -0.2) is 0 Å². The van der Waals surface area contributed by atoms with Crippen LogP contribution in [0.5, 0.6) is 0 Å². The van der Waals surface area contributed by atoms with Crippen molar-refractivity contribution in [2.45, 2.75) is 149 Å².